The summed E-state index contributed by atoms with van der Waals surface area (Å²) in [6, 6.07) is 10.7. The van der Waals surface area contributed by atoms with Crippen molar-refractivity contribution in [1.82, 2.24) is 5.32 Å². The monoisotopic (exact) mass is 290 g/mol. The molecule has 4 nitrogen and oxygen atoms in total. The van der Waals surface area contributed by atoms with Gasteiger partial charge in [-0.25, -0.2) is 0 Å². The second kappa shape index (κ2) is 6.82. The molecule has 0 fully saturated rings. The van der Waals surface area contributed by atoms with E-state index in [-0.39, 0.29) is 5.91 Å². The Morgan fingerprint density at radius 1 is 1.25 bits per heavy atom. The van der Waals surface area contributed by atoms with E-state index >= 15 is 0 Å². The first-order valence-corrected chi connectivity index (χ1v) is 6.54. The molecule has 0 spiro atoms. The molecule has 1 amide bonds. The lowest BCUT2D eigenvalue weighted by Gasteiger charge is -2.06. The molecule has 1 heterocycles. The van der Waals surface area contributed by atoms with E-state index in [1.165, 1.54) is 0 Å². The summed E-state index contributed by atoms with van der Waals surface area (Å²) in [6.45, 7) is 4.55. The van der Waals surface area contributed by atoms with Crippen LogP contribution in [0.25, 0.3) is 0 Å². The molecule has 1 aromatic heterocycles. The second-order valence-electron chi connectivity index (χ2n) is 4.14. The predicted octanol–water partition coefficient (Wildman–Crippen LogP) is 3.46. The molecule has 0 aliphatic heterocycles. The molecule has 0 saturated carbocycles. The lowest BCUT2D eigenvalue weighted by Crippen LogP contribution is -2.23. The molecule has 5 heteroatoms. The largest absolute Gasteiger partial charge is 0.448 e. The Labute approximate surface area is 122 Å². The number of anilines is 1. The summed E-state index contributed by atoms with van der Waals surface area (Å²) in [6.07, 6.45) is 1.64. The Hall–Kier alpha value is -2.20. The number of furan rings is 1. The first kappa shape index (κ1) is 14.2. The molecule has 1 aromatic carbocycles. The molecule has 0 aliphatic rings. The quantitative estimate of drug-likeness (QED) is 0.801. The zero-order valence-electron chi connectivity index (χ0n) is 10.9. The van der Waals surface area contributed by atoms with Gasteiger partial charge in [0.05, 0.1) is 6.54 Å². The number of carbonyl (C=O) groups excluding carboxylic acids is 1. The molecule has 0 unspecified atom stereocenters. The third-order valence-corrected chi connectivity index (χ3v) is 2.85. The van der Waals surface area contributed by atoms with Crippen LogP contribution >= 0.6 is 11.6 Å². The lowest BCUT2D eigenvalue weighted by atomic mass is 10.2. The smallest absolute Gasteiger partial charge is 0.251 e. The van der Waals surface area contributed by atoms with Crippen LogP contribution in [0, 0.1) is 0 Å². The summed E-state index contributed by atoms with van der Waals surface area (Å²) in [5.41, 5.74) is 1.51. The summed E-state index contributed by atoms with van der Waals surface area (Å²) in [4.78, 5) is 11.7. The van der Waals surface area contributed by atoms with E-state index in [1.807, 2.05) is 18.2 Å². The highest BCUT2D eigenvalue weighted by molar-refractivity contribution is 6.28. The molecular formula is C15H15ClN2O2. The number of benzene rings is 1. The van der Waals surface area contributed by atoms with E-state index in [4.69, 9.17) is 16.0 Å². The van der Waals surface area contributed by atoms with Crippen molar-refractivity contribution in [3.63, 3.8) is 0 Å². The van der Waals surface area contributed by atoms with Crippen molar-refractivity contribution in [1.29, 1.82) is 0 Å². The summed E-state index contributed by atoms with van der Waals surface area (Å²) < 4.78 is 5.24. The number of nitrogens with one attached hydrogen (secondary N) is 2. The van der Waals surface area contributed by atoms with E-state index in [0.29, 0.717) is 23.9 Å². The van der Waals surface area contributed by atoms with Gasteiger partial charge in [-0.2, -0.15) is 0 Å². The first-order valence-electron chi connectivity index (χ1n) is 6.16. The van der Waals surface area contributed by atoms with Gasteiger partial charge < -0.3 is 15.1 Å². The van der Waals surface area contributed by atoms with Gasteiger partial charge in [-0.05, 0) is 48.0 Å². The van der Waals surface area contributed by atoms with Gasteiger partial charge in [0.25, 0.3) is 5.91 Å². The average Bonchev–Trinajstić information content (AvgIpc) is 2.89. The standard InChI is InChI=1S/C15H15ClN2O2/c1-2-9-17-15(19)11-3-5-12(6-4-11)18-10-13-7-8-14(16)20-13/h2-8,18H,1,9-10H2,(H,17,19). The van der Waals surface area contributed by atoms with E-state index in [9.17, 15) is 4.79 Å². The Kier molecular flexibility index (Phi) is 4.85. The van der Waals surface area contributed by atoms with Crippen molar-refractivity contribution in [3.8, 4) is 0 Å². The van der Waals surface area contributed by atoms with E-state index < -0.39 is 0 Å². The van der Waals surface area contributed by atoms with Crippen LogP contribution in [-0.4, -0.2) is 12.5 Å². The van der Waals surface area contributed by atoms with Crippen molar-refractivity contribution in [2.24, 2.45) is 0 Å². The van der Waals surface area contributed by atoms with Crippen LogP contribution in [0.1, 0.15) is 16.1 Å². The van der Waals surface area contributed by atoms with Crippen molar-refractivity contribution < 1.29 is 9.21 Å². The highest BCUT2D eigenvalue weighted by Gasteiger charge is 2.04. The SMILES string of the molecule is C=CCNC(=O)c1ccc(NCc2ccc(Cl)o2)cc1. The van der Waals surface area contributed by atoms with Gasteiger partial charge in [0.2, 0.25) is 0 Å². The molecule has 2 rings (SSSR count). The van der Waals surface area contributed by atoms with Crippen molar-refractivity contribution in [2.45, 2.75) is 6.54 Å². The summed E-state index contributed by atoms with van der Waals surface area (Å²) in [5, 5.41) is 6.28. The number of hydrogen-bond donors (Lipinski definition) is 2. The van der Waals surface area contributed by atoms with Crippen LogP contribution in [0.4, 0.5) is 5.69 Å². The normalized spacial score (nSPS) is 10.1. The lowest BCUT2D eigenvalue weighted by molar-refractivity contribution is 0.0958. The highest BCUT2D eigenvalue weighted by Crippen LogP contribution is 2.15. The van der Waals surface area contributed by atoms with Gasteiger partial charge in [-0.15, -0.1) is 6.58 Å². The summed E-state index contributed by atoms with van der Waals surface area (Å²) in [7, 11) is 0. The topological polar surface area (TPSA) is 54.3 Å². The maximum atomic E-state index is 11.7. The fourth-order valence-corrected chi connectivity index (χ4v) is 1.80. The summed E-state index contributed by atoms with van der Waals surface area (Å²) in [5.74, 6) is 0.636. The van der Waals surface area contributed by atoms with Crippen LogP contribution in [0.3, 0.4) is 0 Å². The number of halogens is 1. The molecule has 2 N–H and O–H groups in total. The van der Waals surface area contributed by atoms with Crippen LogP contribution in [-0.2, 0) is 6.54 Å². The minimum absolute atomic E-state index is 0.116. The van der Waals surface area contributed by atoms with Gasteiger partial charge in [0.1, 0.15) is 5.76 Å². The van der Waals surface area contributed by atoms with Gasteiger partial charge in [0, 0.05) is 17.8 Å². The number of hydrogen-bond acceptors (Lipinski definition) is 3. The fraction of sp³-hybridized carbons (Fsp3) is 0.133. The Bertz CT molecular complexity index is 590. The minimum Gasteiger partial charge on any atom is -0.448 e. The van der Waals surface area contributed by atoms with Crippen LogP contribution < -0.4 is 10.6 Å². The van der Waals surface area contributed by atoms with Crippen LogP contribution in [0.15, 0.2) is 53.5 Å². The molecular weight excluding hydrogens is 276 g/mol. The number of rotatable bonds is 6. The van der Waals surface area contributed by atoms with Crippen molar-refractivity contribution in [3.05, 3.63) is 65.6 Å². The van der Waals surface area contributed by atoms with Gasteiger partial charge in [0.15, 0.2) is 5.22 Å². The number of amides is 1. The third kappa shape index (κ3) is 3.90. The zero-order chi connectivity index (χ0) is 14.4. The molecule has 20 heavy (non-hydrogen) atoms. The minimum atomic E-state index is -0.116. The Balaban J connectivity index is 1.91. The highest BCUT2D eigenvalue weighted by atomic mass is 35.5. The van der Waals surface area contributed by atoms with E-state index in [2.05, 4.69) is 17.2 Å². The molecule has 0 bridgehead atoms. The van der Waals surface area contributed by atoms with Crippen LogP contribution in [0.2, 0.25) is 5.22 Å². The number of carbonyl (C=O) groups is 1. The molecule has 0 atom stereocenters. The molecule has 2 aromatic rings. The first-order chi connectivity index (χ1) is 9.69. The van der Waals surface area contributed by atoms with E-state index in [1.54, 1.807) is 24.3 Å². The van der Waals surface area contributed by atoms with Gasteiger partial charge >= 0.3 is 0 Å². The maximum absolute atomic E-state index is 11.7. The molecule has 0 saturated heterocycles. The Morgan fingerprint density at radius 3 is 2.60 bits per heavy atom. The molecule has 0 aliphatic carbocycles. The zero-order valence-corrected chi connectivity index (χ0v) is 11.6. The van der Waals surface area contributed by atoms with E-state index in [0.717, 1.165) is 11.4 Å². The van der Waals surface area contributed by atoms with Crippen LogP contribution in [0.5, 0.6) is 0 Å². The second-order valence-corrected chi connectivity index (χ2v) is 4.51. The van der Waals surface area contributed by atoms with Gasteiger partial charge in [-0.3, -0.25) is 4.79 Å². The summed E-state index contributed by atoms with van der Waals surface area (Å²) >= 11 is 5.69. The van der Waals surface area contributed by atoms with Crippen molar-refractivity contribution in [2.75, 3.05) is 11.9 Å². The Morgan fingerprint density at radius 2 is 2.00 bits per heavy atom. The average molecular weight is 291 g/mol. The molecule has 104 valence electrons. The van der Waals surface area contributed by atoms with Crippen molar-refractivity contribution >= 4 is 23.2 Å². The van der Waals surface area contributed by atoms with Gasteiger partial charge in [-0.1, -0.05) is 6.08 Å². The fourth-order valence-electron chi connectivity index (χ4n) is 1.64. The predicted molar refractivity (Wildman–Crippen MR) is 80.0 cm³/mol. The maximum Gasteiger partial charge on any atom is 0.251 e. The molecule has 0 radical (unpaired) electrons. The third-order valence-electron chi connectivity index (χ3n) is 2.65.